The largest absolute Gasteiger partial charge is 0.445 e. The van der Waals surface area contributed by atoms with Gasteiger partial charge in [-0.05, 0) is 57.7 Å². The normalized spacial score (nSPS) is 19.5. The second-order valence-corrected chi connectivity index (χ2v) is 10.4. The van der Waals surface area contributed by atoms with E-state index in [0.29, 0.717) is 24.3 Å². The molecule has 2 aromatic carbocycles. The van der Waals surface area contributed by atoms with E-state index >= 15 is 0 Å². The molecular weight excluding hydrogens is 488 g/mol. The molecule has 10 heteroatoms. The molecule has 38 heavy (non-hydrogen) atoms. The highest BCUT2D eigenvalue weighted by Gasteiger charge is 2.40. The van der Waals surface area contributed by atoms with Crippen LogP contribution in [0.3, 0.4) is 0 Å². The van der Waals surface area contributed by atoms with E-state index in [1.165, 1.54) is 9.80 Å². The maximum absolute atomic E-state index is 14.0. The highest BCUT2D eigenvalue weighted by Crippen LogP contribution is 2.31. The number of carbonyl (C=O) groups is 4. The van der Waals surface area contributed by atoms with Crippen LogP contribution in [0.5, 0.6) is 0 Å². The third kappa shape index (κ3) is 6.62. The molecule has 0 radical (unpaired) electrons. The molecule has 2 heterocycles. The van der Waals surface area contributed by atoms with Gasteiger partial charge in [-0.15, -0.1) is 0 Å². The Balaban J connectivity index is 1.55. The van der Waals surface area contributed by atoms with Crippen molar-refractivity contribution >= 4 is 35.4 Å². The first-order valence-corrected chi connectivity index (χ1v) is 12.8. The average molecular weight is 523 g/mol. The predicted molar refractivity (Wildman–Crippen MR) is 142 cm³/mol. The van der Waals surface area contributed by atoms with Gasteiger partial charge in [0, 0.05) is 6.54 Å². The minimum absolute atomic E-state index is 0.101. The van der Waals surface area contributed by atoms with Gasteiger partial charge in [-0.2, -0.15) is 0 Å². The summed E-state index contributed by atoms with van der Waals surface area (Å²) in [4.78, 5) is 55.5. The first kappa shape index (κ1) is 27.0. The molecule has 1 fully saturated rings. The first-order chi connectivity index (χ1) is 18.1. The van der Waals surface area contributed by atoms with Gasteiger partial charge in [0.15, 0.2) is 0 Å². The SMILES string of the molecule is CC(C)(C)OC(=O)NC1CN(C(=O)C2CCCCN2C(=O)OCc2ccccc2)c2ccccc2NC1=O. The summed E-state index contributed by atoms with van der Waals surface area (Å²) >= 11 is 0. The summed E-state index contributed by atoms with van der Waals surface area (Å²) < 4.78 is 10.9. The monoisotopic (exact) mass is 522 g/mol. The second kappa shape index (κ2) is 11.5. The molecule has 0 saturated carbocycles. The molecule has 4 amide bonds. The highest BCUT2D eigenvalue weighted by atomic mass is 16.6. The summed E-state index contributed by atoms with van der Waals surface area (Å²) in [5, 5.41) is 5.38. The summed E-state index contributed by atoms with van der Waals surface area (Å²) in [5.41, 5.74) is 1.02. The topological polar surface area (TPSA) is 117 Å². The van der Waals surface area contributed by atoms with Crippen LogP contribution in [0, 0.1) is 0 Å². The summed E-state index contributed by atoms with van der Waals surface area (Å²) in [7, 11) is 0. The zero-order valence-corrected chi connectivity index (χ0v) is 21.9. The number of nitrogens with one attached hydrogen (secondary N) is 2. The van der Waals surface area contributed by atoms with Crippen molar-refractivity contribution in [2.24, 2.45) is 0 Å². The Labute approximate surface area is 222 Å². The van der Waals surface area contributed by atoms with Crippen molar-refractivity contribution in [3.8, 4) is 0 Å². The zero-order chi connectivity index (χ0) is 27.3. The van der Waals surface area contributed by atoms with Crippen LogP contribution in [0.2, 0.25) is 0 Å². The minimum Gasteiger partial charge on any atom is -0.445 e. The van der Waals surface area contributed by atoms with E-state index in [1.54, 1.807) is 45.0 Å². The Morgan fingerprint density at radius 1 is 1.03 bits per heavy atom. The molecule has 2 unspecified atom stereocenters. The standard InChI is InChI=1S/C28H34N4O6/c1-28(2,3)38-26(35)30-21-17-32(22-14-8-7-13-20(22)29-24(21)33)25(34)23-15-9-10-16-31(23)27(36)37-18-19-11-5-4-6-12-19/h4-8,11-14,21,23H,9-10,15-18H2,1-3H3,(H,29,33)(H,30,35). The van der Waals surface area contributed by atoms with Crippen molar-refractivity contribution in [3.63, 3.8) is 0 Å². The summed E-state index contributed by atoms with van der Waals surface area (Å²) in [6.07, 6.45) is 0.658. The number of para-hydroxylation sites is 2. The van der Waals surface area contributed by atoms with Gasteiger partial charge in [-0.1, -0.05) is 42.5 Å². The van der Waals surface area contributed by atoms with Gasteiger partial charge in [0.05, 0.1) is 17.9 Å². The van der Waals surface area contributed by atoms with Gasteiger partial charge >= 0.3 is 12.2 Å². The molecule has 2 N–H and O–H groups in total. The first-order valence-electron chi connectivity index (χ1n) is 12.8. The summed E-state index contributed by atoms with van der Waals surface area (Å²) in [6.45, 7) is 5.53. The Bertz CT molecular complexity index is 1180. The van der Waals surface area contributed by atoms with E-state index in [0.717, 1.165) is 18.4 Å². The van der Waals surface area contributed by atoms with Crippen LogP contribution >= 0.6 is 0 Å². The molecule has 0 bridgehead atoms. The second-order valence-electron chi connectivity index (χ2n) is 10.4. The molecule has 202 valence electrons. The van der Waals surface area contributed by atoms with Crippen molar-refractivity contribution in [2.45, 2.75) is 64.3 Å². The molecule has 0 aromatic heterocycles. The van der Waals surface area contributed by atoms with Crippen LogP contribution in [-0.2, 0) is 25.7 Å². The third-order valence-corrected chi connectivity index (χ3v) is 6.32. The number of piperidine rings is 1. The van der Waals surface area contributed by atoms with Crippen molar-refractivity contribution in [3.05, 3.63) is 60.2 Å². The van der Waals surface area contributed by atoms with E-state index in [1.807, 2.05) is 30.3 Å². The van der Waals surface area contributed by atoms with Gasteiger partial charge in [-0.3, -0.25) is 14.5 Å². The lowest BCUT2D eigenvalue weighted by atomic mass is 10.0. The number of amides is 4. The van der Waals surface area contributed by atoms with E-state index in [2.05, 4.69) is 10.6 Å². The van der Waals surface area contributed by atoms with Crippen LogP contribution in [-0.4, -0.2) is 59.7 Å². The van der Waals surface area contributed by atoms with Crippen LogP contribution in [0.15, 0.2) is 54.6 Å². The summed E-state index contributed by atoms with van der Waals surface area (Å²) in [5.74, 6) is -0.817. The number of nitrogens with zero attached hydrogens (tertiary/aromatic N) is 2. The molecule has 10 nitrogen and oxygen atoms in total. The number of rotatable bonds is 4. The number of anilines is 2. The van der Waals surface area contributed by atoms with Gasteiger partial charge in [0.25, 0.3) is 0 Å². The van der Waals surface area contributed by atoms with Crippen LogP contribution < -0.4 is 15.5 Å². The van der Waals surface area contributed by atoms with E-state index in [4.69, 9.17) is 9.47 Å². The van der Waals surface area contributed by atoms with E-state index in [-0.39, 0.29) is 19.1 Å². The van der Waals surface area contributed by atoms with Crippen molar-refractivity contribution < 1.29 is 28.7 Å². The zero-order valence-electron chi connectivity index (χ0n) is 21.9. The van der Waals surface area contributed by atoms with E-state index in [9.17, 15) is 19.2 Å². The molecule has 2 atom stereocenters. The number of alkyl carbamates (subject to hydrolysis) is 1. The number of hydrogen-bond acceptors (Lipinski definition) is 6. The van der Waals surface area contributed by atoms with Crippen molar-refractivity contribution in [1.82, 2.24) is 10.2 Å². The molecule has 0 spiro atoms. The molecular formula is C28H34N4O6. The van der Waals surface area contributed by atoms with Gasteiger partial charge in [-0.25, -0.2) is 9.59 Å². The van der Waals surface area contributed by atoms with Crippen LogP contribution in [0.1, 0.15) is 45.6 Å². The molecule has 1 saturated heterocycles. The smallest absolute Gasteiger partial charge is 0.410 e. The van der Waals surface area contributed by atoms with Crippen LogP contribution in [0.25, 0.3) is 0 Å². The number of likely N-dealkylation sites (tertiary alicyclic amines) is 1. The lowest BCUT2D eigenvalue weighted by molar-refractivity contribution is -0.124. The summed E-state index contributed by atoms with van der Waals surface area (Å²) in [6, 6.07) is 14.4. The maximum Gasteiger partial charge on any atom is 0.410 e. The maximum atomic E-state index is 14.0. The number of benzene rings is 2. The fourth-order valence-electron chi connectivity index (χ4n) is 4.56. The van der Waals surface area contributed by atoms with Gasteiger partial charge in [0.1, 0.15) is 24.3 Å². The highest BCUT2D eigenvalue weighted by molar-refractivity contribution is 6.08. The quantitative estimate of drug-likeness (QED) is 0.626. The Kier molecular flexibility index (Phi) is 8.19. The van der Waals surface area contributed by atoms with Crippen molar-refractivity contribution in [2.75, 3.05) is 23.3 Å². The average Bonchev–Trinajstić information content (AvgIpc) is 3.02. The van der Waals surface area contributed by atoms with Gasteiger partial charge in [0.2, 0.25) is 11.8 Å². The van der Waals surface area contributed by atoms with Crippen LogP contribution in [0.4, 0.5) is 21.0 Å². The fraction of sp³-hybridized carbons (Fsp3) is 0.429. The molecule has 0 aliphatic carbocycles. The number of ether oxygens (including phenoxy) is 2. The molecule has 2 aliphatic rings. The number of carbonyl (C=O) groups excluding carboxylic acids is 4. The Morgan fingerprint density at radius 3 is 2.47 bits per heavy atom. The molecule has 2 aromatic rings. The Morgan fingerprint density at radius 2 is 1.74 bits per heavy atom. The Hall–Kier alpha value is -4.08. The van der Waals surface area contributed by atoms with Gasteiger partial charge < -0.3 is 25.0 Å². The minimum atomic E-state index is -1.07. The predicted octanol–water partition coefficient (Wildman–Crippen LogP) is 4.06. The lowest BCUT2D eigenvalue weighted by Gasteiger charge is -2.37. The molecule has 4 rings (SSSR count). The lowest BCUT2D eigenvalue weighted by Crippen LogP contribution is -2.57. The number of fused-ring (bicyclic) bond motifs is 1. The third-order valence-electron chi connectivity index (χ3n) is 6.32. The van der Waals surface area contributed by atoms with Crippen molar-refractivity contribution in [1.29, 1.82) is 0 Å². The number of hydrogen-bond donors (Lipinski definition) is 2. The molecule has 2 aliphatic heterocycles. The fourth-order valence-corrected chi connectivity index (χ4v) is 4.56. The van der Waals surface area contributed by atoms with E-state index < -0.39 is 35.8 Å².